The largest absolute Gasteiger partial charge is 0.317 e. The lowest BCUT2D eigenvalue weighted by molar-refractivity contribution is -0.123. The summed E-state index contributed by atoms with van der Waals surface area (Å²) in [6.07, 6.45) is 3.66. The Morgan fingerprint density at radius 2 is 1.79 bits per heavy atom. The van der Waals surface area contributed by atoms with E-state index in [-0.39, 0.29) is 17.7 Å². The average molecular weight is 399 g/mol. The van der Waals surface area contributed by atoms with Gasteiger partial charge in [-0.3, -0.25) is 14.5 Å². The molecule has 0 aliphatic carbocycles. The van der Waals surface area contributed by atoms with E-state index < -0.39 is 0 Å². The Morgan fingerprint density at radius 1 is 1.03 bits per heavy atom. The third-order valence-electron chi connectivity index (χ3n) is 4.71. The summed E-state index contributed by atoms with van der Waals surface area (Å²) in [5, 5.41) is 8.91. The molecule has 1 saturated heterocycles. The van der Waals surface area contributed by atoms with Gasteiger partial charge in [-0.25, -0.2) is 0 Å². The molecule has 142 valence electrons. The first-order valence-electron chi connectivity index (χ1n) is 9.04. The van der Waals surface area contributed by atoms with Crippen LogP contribution in [0.25, 0.3) is 11.8 Å². The highest BCUT2D eigenvalue weighted by Gasteiger charge is 2.35. The van der Waals surface area contributed by atoms with E-state index in [1.807, 2.05) is 54.1 Å². The maximum atomic E-state index is 12.9. The smallest absolute Gasteiger partial charge is 0.293 e. The number of carbonyl (C=O) groups is 2. The van der Waals surface area contributed by atoms with Crippen LogP contribution in [-0.4, -0.2) is 20.6 Å². The summed E-state index contributed by atoms with van der Waals surface area (Å²) >= 11 is 0.921. The van der Waals surface area contributed by atoms with Crippen LogP contribution >= 0.6 is 11.8 Å². The van der Waals surface area contributed by atoms with Crippen LogP contribution in [0, 0.1) is 18.3 Å². The highest BCUT2D eigenvalue weighted by atomic mass is 32.2. The van der Waals surface area contributed by atoms with E-state index in [1.165, 1.54) is 10.5 Å². The highest BCUT2D eigenvalue weighted by molar-refractivity contribution is 8.18. The Kier molecular flexibility index (Phi) is 5.07. The van der Waals surface area contributed by atoms with Crippen LogP contribution in [0.3, 0.4) is 0 Å². The first-order valence-corrected chi connectivity index (χ1v) is 9.86. The second kappa shape index (κ2) is 7.82. The van der Waals surface area contributed by atoms with Crippen molar-refractivity contribution in [3.8, 4) is 11.8 Å². The van der Waals surface area contributed by atoms with Gasteiger partial charge in [-0.15, -0.1) is 0 Å². The van der Waals surface area contributed by atoms with Gasteiger partial charge in [0.25, 0.3) is 11.1 Å². The SMILES string of the molecule is Cc1ccc(-n2cccc2C=C2SC(=O)N(Cc3ccccc3C#N)C2=O)cc1. The number of aromatic nitrogens is 1. The molecule has 2 heterocycles. The molecule has 0 radical (unpaired) electrons. The summed E-state index contributed by atoms with van der Waals surface area (Å²) < 4.78 is 1.97. The molecular formula is C23H17N3O2S. The zero-order valence-electron chi connectivity index (χ0n) is 15.7. The normalized spacial score (nSPS) is 15.2. The van der Waals surface area contributed by atoms with Crippen molar-refractivity contribution in [3.63, 3.8) is 0 Å². The van der Waals surface area contributed by atoms with Gasteiger partial charge in [-0.1, -0.05) is 35.9 Å². The van der Waals surface area contributed by atoms with Crippen LogP contribution in [0.4, 0.5) is 4.79 Å². The monoisotopic (exact) mass is 399 g/mol. The van der Waals surface area contributed by atoms with Gasteiger partial charge in [0.2, 0.25) is 0 Å². The fraction of sp³-hybridized carbons (Fsp3) is 0.0870. The fourth-order valence-electron chi connectivity index (χ4n) is 3.16. The van der Waals surface area contributed by atoms with Gasteiger partial charge < -0.3 is 4.57 Å². The number of imide groups is 1. The van der Waals surface area contributed by atoms with E-state index in [0.717, 1.165) is 23.1 Å². The maximum absolute atomic E-state index is 12.9. The number of amides is 2. The Balaban J connectivity index is 1.61. The lowest BCUT2D eigenvalue weighted by Gasteiger charge is -2.13. The van der Waals surface area contributed by atoms with Crippen molar-refractivity contribution in [2.24, 2.45) is 0 Å². The van der Waals surface area contributed by atoms with E-state index >= 15 is 0 Å². The standard InChI is InChI=1S/C23H17N3O2S/c1-16-8-10-19(11-9-16)25-12-4-7-20(25)13-21-22(27)26(23(28)29-21)15-18-6-3-2-5-17(18)14-24/h2-13H,15H2,1H3. The fourth-order valence-corrected chi connectivity index (χ4v) is 3.98. The predicted molar refractivity (Wildman–Crippen MR) is 113 cm³/mol. The first-order chi connectivity index (χ1) is 14.1. The average Bonchev–Trinajstić information content (AvgIpc) is 3.29. The molecule has 0 bridgehead atoms. The van der Waals surface area contributed by atoms with E-state index in [9.17, 15) is 14.9 Å². The predicted octanol–water partition coefficient (Wildman–Crippen LogP) is 4.89. The van der Waals surface area contributed by atoms with Crippen LogP contribution in [-0.2, 0) is 11.3 Å². The summed E-state index contributed by atoms with van der Waals surface area (Å²) in [4.78, 5) is 26.9. The minimum Gasteiger partial charge on any atom is -0.317 e. The lowest BCUT2D eigenvalue weighted by Crippen LogP contribution is -2.27. The molecule has 2 aromatic carbocycles. The third-order valence-corrected chi connectivity index (χ3v) is 5.62. The number of hydrogen-bond acceptors (Lipinski definition) is 4. The summed E-state index contributed by atoms with van der Waals surface area (Å²) in [7, 11) is 0. The van der Waals surface area contributed by atoms with Crippen molar-refractivity contribution in [1.82, 2.24) is 9.47 Å². The minimum absolute atomic E-state index is 0.0880. The molecule has 2 amide bonds. The third kappa shape index (κ3) is 3.73. The number of thioether (sulfide) groups is 1. The molecule has 1 fully saturated rings. The van der Waals surface area contributed by atoms with Crippen molar-refractivity contribution < 1.29 is 9.59 Å². The molecule has 0 spiro atoms. The Labute approximate surface area is 172 Å². The molecule has 1 aliphatic rings. The van der Waals surface area contributed by atoms with Crippen molar-refractivity contribution in [2.75, 3.05) is 0 Å². The van der Waals surface area contributed by atoms with Crippen molar-refractivity contribution >= 4 is 29.0 Å². The van der Waals surface area contributed by atoms with Crippen LogP contribution in [0.5, 0.6) is 0 Å². The van der Waals surface area contributed by atoms with Crippen molar-refractivity contribution in [1.29, 1.82) is 5.26 Å². The van der Waals surface area contributed by atoms with Crippen molar-refractivity contribution in [2.45, 2.75) is 13.5 Å². The number of hydrogen-bond donors (Lipinski definition) is 0. The molecule has 4 rings (SSSR count). The van der Waals surface area contributed by atoms with E-state index in [4.69, 9.17) is 0 Å². The molecule has 5 nitrogen and oxygen atoms in total. The first kappa shape index (κ1) is 18.8. The van der Waals surface area contributed by atoms with E-state index in [0.29, 0.717) is 16.0 Å². The Hall–Kier alpha value is -3.56. The number of nitriles is 1. The minimum atomic E-state index is -0.343. The summed E-state index contributed by atoms with van der Waals surface area (Å²) in [5.41, 5.74) is 4.08. The molecule has 1 aromatic heterocycles. The van der Waals surface area contributed by atoms with Gasteiger partial charge in [0.05, 0.1) is 23.1 Å². The lowest BCUT2D eigenvalue weighted by atomic mass is 10.1. The quantitative estimate of drug-likeness (QED) is 0.586. The molecular weight excluding hydrogens is 382 g/mol. The van der Waals surface area contributed by atoms with Crippen LogP contribution in [0.15, 0.2) is 71.8 Å². The molecule has 0 saturated carbocycles. The van der Waals surface area contributed by atoms with Gasteiger partial charge in [0.15, 0.2) is 0 Å². The van der Waals surface area contributed by atoms with Gasteiger partial charge >= 0.3 is 0 Å². The van der Waals surface area contributed by atoms with Crippen LogP contribution in [0.2, 0.25) is 0 Å². The van der Waals surface area contributed by atoms with Gasteiger partial charge in [-0.05, 0) is 60.7 Å². The van der Waals surface area contributed by atoms with Gasteiger partial charge in [-0.2, -0.15) is 5.26 Å². The Morgan fingerprint density at radius 3 is 2.55 bits per heavy atom. The molecule has 29 heavy (non-hydrogen) atoms. The topological polar surface area (TPSA) is 66.1 Å². The van der Waals surface area contributed by atoms with Crippen molar-refractivity contribution in [3.05, 3.63) is 94.1 Å². The summed E-state index contributed by atoms with van der Waals surface area (Å²) in [5.74, 6) is -0.343. The molecule has 0 unspecified atom stereocenters. The summed E-state index contributed by atoms with van der Waals surface area (Å²) in [6.45, 7) is 2.12. The molecule has 1 aliphatic heterocycles. The van der Waals surface area contributed by atoms with Gasteiger partial charge in [0, 0.05) is 17.6 Å². The number of aryl methyl sites for hydroxylation is 1. The van der Waals surface area contributed by atoms with E-state index in [1.54, 1.807) is 30.3 Å². The maximum Gasteiger partial charge on any atom is 0.293 e. The molecule has 3 aromatic rings. The van der Waals surface area contributed by atoms with Crippen LogP contribution in [0.1, 0.15) is 22.4 Å². The zero-order chi connectivity index (χ0) is 20.4. The number of carbonyl (C=O) groups excluding carboxylic acids is 2. The second-order valence-electron chi connectivity index (χ2n) is 6.68. The highest BCUT2D eigenvalue weighted by Crippen LogP contribution is 2.34. The number of rotatable bonds is 4. The molecule has 0 N–H and O–H groups in total. The summed E-state index contributed by atoms with van der Waals surface area (Å²) in [6, 6.07) is 21.0. The molecule has 6 heteroatoms. The number of benzene rings is 2. The van der Waals surface area contributed by atoms with E-state index in [2.05, 4.69) is 6.07 Å². The number of nitrogens with zero attached hydrogens (tertiary/aromatic N) is 3. The Bertz CT molecular complexity index is 1170. The van der Waals surface area contributed by atoms with Gasteiger partial charge in [0.1, 0.15) is 0 Å². The zero-order valence-corrected chi connectivity index (χ0v) is 16.5. The second-order valence-corrected chi connectivity index (χ2v) is 7.67. The molecule has 0 atom stereocenters. The van der Waals surface area contributed by atoms with Crippen LogP contribution < -0.4 is 0 Å².